The summed E-state index contributed by atoms with van der Waals surface area (Å²) in [6, 6.07) is 7.95. The molecular weight excluding hydrogens is 212 g/mol. The van der Waals surface area contributed by atoms with Gasteiger partial charge >= 0.3 is 6.03 Å². The predicted octanol–water partition coefficient (Wildman–Crippen LogP) is 3.21. The fraction of sp³-hybridized carbons (Fsp3) is 0.500. The van der Waals surface area contributed by atoms with E-state index in [0.29, 0.717) is 0 Å². The van der Waals surface area contributed by atoms with Gasteiger partial charge in [0.2, 0.25) is 0 Å². The fourth-order valence-corrected chi connectivity index (χ4v) is 2.56. The molecule has 0 heterocycles. The Morgan fingerprint density at radius 2 is 1.76 bits per heavy atom. The van der Waals surface area contributed by atoms with Gasteiger partial charge in [0, 0.05) is 11.7 Å². The van der Waals surface area contributed by atoms with Crippen molar-refractivity contribution in [1.82, 2.24) is 0 Å². The minimum atomic E-state index is -0.333. The highest BCUT2D eigenvalue weighted by molar-refractivity contribution is 5.91. The van der Waals surface area contributed by atoms with E-state index in [0.717, 1.165) is 18.5 Å². The highest BCUT2D eigenvalue weighted by atomic mass is 16.2. The van der Waals surface area contributed by atoms with Gasteiger partial charge in [0.1, 0.15) is 0 Å². The zero-order chi connectivity index (χ0) is 12.3. The van der Waals surface area contributed by atoms with Crippen LogP contribution >= 0.6 is 0 Å². The minimum absolute atomic E-state index is 0.281. The van der Waals surface area contributed by atoms with Crippen LogP contribution in [0.15, 0.2) is 24.3 Å². The van der Waals surface area contributed by atoms with Gasteiger partial charge in [0.25, 0.3) is 0 Å². The van der Waals surface area contributed by atoms with E-state index in [9.17, 15) is 4.79 Å². The van der Waals surface area contributed by atoms with Crippen LogP contribution in [0.3, 0.4) is 0 Å². The summed E-state index contributed by atoms with van der Waals surface area (Å²) in [5, 5.41) is 0. The third-order valence-corrected chi connectivity index (χ3v) is 3.49. The number of carbonyl (C=O) groups excluding carboxylic acids is 1. The van der Waals surface area contributed by atoms with Crippen LogP contribution in [0.1, 0.15) is 37.7 Å². The molecule has 0 aliphatic heterocycles. The summed E-state index contributed by atoms with van der Waals surface area (Å²) in [6.45, 7) is 2.04. The molecule has 2 N–H and O–H groups in total. The number of hydrogen-bond acceptors (Lipinski definition) is 1. The number of nitrogens with zero attached hydrogens (tertiary/aromatic N) is 1. The first-order valence-corrected chi connectivity index (χ1v) is 6.34. The monoisotopic (exact) mass is 232 g/mol. The summed E-state index contributed by atoms with van der Waals surface area (Å²) in [5.41, 5.74) is 7.65. The van der Waals surface area contributed by atoms with Crippen molar-refractivity contribution in [3.05, 3.63) is 29.8 Å². The molecule has 0 unspecified atom stereocenters. The first-order valence-electron chi connectivity index (χ1n) is 6.34. The average molecular weight is 232 g/mol. The number of rotatable bonds is 2. The molecule has 3 nitrogen and oxygen atoms in total. The number of benzene rings is 1. The van der Waals surface area contributed by atoms with Crippen molar-refractivity contribution in [2.45, 2.75) is 45.1 Å². The molecule has 1 aromatic carbocycles. The number of anilines is 1. The largest absolute Gasteiger partial charge is 0.351 e. The SMILES string of the molecule is Cc1ccc(N(C(N)=O)C2CCCCC2)cc1. The van der Waals surface area contributed by atoms with Crippen molar-refractivity contribution in [1.29, 1.82) is 0 Å². The number of carbonyl (C=O) groups is 1. The van der Waals surface area contributed by atoms with Gasteiger partial charge < -0.3 is 5.73 Å². The van der Waals surface area contributed by atoms with Gasteiger partial charge in [0.15, 0.2) is 0 Å². The van der Waals surface area contributed by atoms with Gasteiger partial charge in [0.05, 0.1) is 0 Å². The number of nitrogens with two attached hydrogens (primary N) is 1. The lowest BCUT2D eigenvalue weighted by atomic mass is 9.94. The van der Waals surface area contributed by atoms with Crippen LogP contribution in [0.4, 0.5) is 10.5 Å². The number of urea groups is 1. The zero-order valence-electron chi connectivity index (χ0n) is 10.4. The molecule has 0 aromatic heterocycles. The molecule has 0 bridgehead atoms. The Morgan fingerprint density at radius 1 is 1.18 bits per heavy atom. The molecule has 1 aliphatic rings. The lowest BCUT2D eigenvalue weighted by Gasteiger charge is -2.33. The number of amides is 2. The summed E-state index contributed by atoms with van der Waals surface area (Å²) < 4.78 is 0. The van der Waals surface area contributed by atoms with Crippen LogP contribution in [0.5, 0.6) is 0 Å². The molecule has 0 radical (unpaired) electrons. The Kier molecular flexibility index (Phi) is 3.67. The predicted molar refractivity (Wildman–Crippen MR) is 70.1 cm³/mol. The second-order valence-electron chi connectivity index (χ2n) is 4.84. The quantitative estimate of drug-likeness (QED) is 0.836. The Morgan fingerprint density at radius 3 is 2.29 bits per heavy atom. The molecule has 1 fully saturated rings. The molecule has 0 spiro atoms. The highest BCUT2D eigenvalue weighted by Crippen LogP contribution is 2.27. The Labute approximate surface area is 103 Å². The van der Waals surface area contributed by atoms with Crippen molar-refractivity contribution >= 4 is 11.7 Å². The third-order valence-electron chi connectivity index (χ3n) is 3.49. The lowest BCUT2D eigenvalue weighted by molar-refractivity contribution is 0.249. The number of primary amides is 1. The molecule has 2 rings (SSSR count). The number of aryl methyl sites for hydroxylation is 1. The van der Waals surface area contributed by atoms with E-state index in [1.165, 1.54) is 24.8 Å². The van der Waals surface area contributed by atoms with Gasteiger partial charge in [-0.15, -0.1) is 0 Å². The standard InChI is InChI=1S/C14H20N2O/c1-11-7-9-13(10-8-11)16(14(15)17)12-5-3-2-4-6-12/h7-10,12H,2-6H2,1H3,(H2,15,17). The van der Waals surface area contributed by atoms with Gasteiger partial charge in [-0.05, 0) is 31.9 Å². The molecule has 92 valence electrons. The zero-order valence-corrected chi connectivity index (χ0v) is 10.4. The summed E-state index contributed by atoms with van der Waals surface area (Å²) in [4.78, 5) is 13.4. The van der Waals surface area contributed by atoms with Gasteiger partial charge in [-0.1, -0.05) is 37.0 Å². The maximum Gasteiger partial charge on any atom is 0.319 e. The highest BCUT2D eigenvalue weighted by Gasteiger charge is 2.24. The van der Waals surface area contributed by atoms with Crippen LogP contribution in [-0.2, 0) is 0 Å². The molecule has 1 saturated carbocycles. The smallest absolute Gasteiger partial charge is 0.319 e. The molecule has 0 atom stereocenters. The minimum Gasteiger partial charge on any atom is -0.351 e. The van der Waals surface area contributed by atoms with Crippen molar-refractivity contribution < 1.29 is 4.79 Å². The van der Waals surface area contributed by atoms with E-state index in [1.54, 1.807) is 4.90 Å². The Bertz CT molecular complexity index is 380. The summed E-state index contributed by atoms with van der Waals surface area (Å²) in [5.74, 6) is 0. The van der Waals surface area contributed by atoms with Gasteiger partial charge in [-0.25, -0.2) is 4.79 Å². The second-order valence-corrected chi connectivity index (χ2v) is 4.84. The maximum atomic E-state index is 11.6. The fourth-order valence-electron chi connectivity index (χ4n) is 2.56. The molecule has 0 saturated heterocycles. The van der Waals surface area contributed by atoms with Gasteiger partial charge in [-0.2, -0.15) is 0 Å². The van der Waals surface area contributed by atoms with E-state index in [-0.39, 0.29) is 12.1 Å². The number of hydrogen-bond donors (Lipinski definition) is 1. The van der Waals surface area contributed by atoms with Crippen molar-refractivity contribution in [2.24, 2.45) is 5.73 Å². The Hall–Kier alpha value is -1.51. The maximum absolute atomic E-state index is 11.6. The van der Waals surface area contributed by atoms with Crippen LogP contribution in [0.25, 0.3) is 0 Å². The molecule has 1 aromatic rings. The van der Waals surface area contributed by atoms with Crippen LogP contribution in [-0.4, -0.2) is 12.1 Å². The first kappa shape index (κ1) is 12.0. The first-order chi connectivity index (χ1) is 8.18. The van der Waals surface area contributed by atoms with Crippen molar-refractivity contribution in [3.63, 3.8) is 0 Å². The summed E-state index contributed by atoms with van der Waals surface area (Å²) >= 11 is 0. The van der Waals surface area contributed by atoms with Crippen LogP contribution in [0.2, 0.25) is 0 Å². The Balaban J connectivity index is 2.21. The third kappa shape index (κ3) is 2.78. The van der Waals surface area contributed by atoms with Crippen LogP contribution < -0.4 is 10.6 Å². The van der Waals surface area contributed by atoms with E-state index < -0.39 is 0 Å². The molecule has 17 heavy (non-hydrogen) atoms. The van der Waals surface area contributed by atoms with E-state index >= 15 is 0 Å². The van der Waals surface area contributed by atoms with Gasteiger partial charge in [-0.3, -0.25) is 4.90 Å². The van der Waals surface area contributed by atoms with Crippen molar-refractivity contribution in [2.75, 3.05) is 4.90 Å². The normalized spacial score (nSPS) is 16.8. The topological polar surface area (TPSA) is 46.3 Å². The van der Waals surface area contributed by atoms with E-state index in [4.69, 9.17) is 5.73 Å². The van der Waals surface area contributed by atoms with Crippen molar-refractivity contribution in [3.8, 4) is 0 Å². The van der Waals surface area contributed by atoms with Crippen LogP contribution in [0, 0.1) is 6.92 Å². The van der Waals surface area contributed by atoms with E-state index in [2.05, 4.69) is 0 Å². The lowest BCUT2D eigenvalue weighted by Crippen LogP contribution is -2.44. The molecule has 1 aliphatic carbocycles. The second kappa shape index (κ2) is 5.21. The molecular formula is C14H20N2O. The summed E-state index contributed by atoms with van der Waals surface area (Å²) in [7, 11) is 0. The van der Waals surface area contributed by atoms with E-state index in [1.807, 2.05) is 31.2 Å². The molecule has 2 amide bonds. The summed E-state index contributed by atoms with van der Waals surface area (Å²) in [6.07, 6.45) is 5.80. The average Bonchev–Trinajstić information content (AvgIpc) is 2.33. The molecule has 3 heteroatoms.